The molecular formula is C44H32N4O. The molecule has 8 aromatic rings. The summed E-state index contributed by atoms with van der Waals surface area (Å²) in [6, 6.07) is 58.9. The first-order chi connectivity index (χ1) is 24.2. The monoisotopic (exact) mass is 632 g/mol. The molecule has 1 aromatic heterocycles. The summed E-state index contributed by atoms with van der Waals surface area (Å²) >= 11 is 0. The molecule has 2 heterocycles. The van der Waals surface area contributed by atoms with E-state index in [9.17, 15) is 0 Å². The molecule has 9 rings (SSSR count). The van der Waals surface area contributed by atoms with E-state index in [-0.39, 0.29) is 12.3 Å². The molecule has 2 unspecified atom stereocenters. The van der Waals surface area contributed by atoms with E-state index in [2.05, 4.69) is 132 Å². The number of amidine groups is 1. The van der Waals surface area contributed by atoms with Gasteiger partial charge in [0.1, 0.15) is 23.7 Å². The fraction of sp³-hybridized carbons (Fsp3) is 0.0455. The Bertz CT molecular complexity index is 2450. The third kappa shape index (κ3) is 5.67. The Morgan fingerprint density at radius 1 is 0.490 bits per heavy atom. The van der Waals surface area contributed by atoms with Crippen molar-refractivity contribution in [1.82, 2.24) is 15.6 Å². The quantitative estimate of drug-likeness (QED) is 0.192. The number of hydrogen-bond donors (Lipinski definition) is 2. The van der Waals surface area contributed by atoms with Gasteiger partial charge < -0.3 is 9.73 Å². The summed E-state index contributed by atoms with van der Waals surface area (Å²) in [7, 11) is 0. The van der Waals surface area contributed by atoms with Crippen molar-refractivity contribution in [3.63, 3.8) is 0 Å². The normalized spacial score (nSPS) is 16.0. The van der Waals surface area contributed by atoms with Crippen LogP contribution in [0.4, 0.5) is 0 Å². The van der Waals surface area contributed by atoms with E-state index >= 15 is 0 Å². The number of oxazole rings is 1. The van der Waals surface area contributed by atoms with Crippen molar-refractivity contribution in [2.45, 2.75) is 12.3 Å². The molecule has 1 aliphatic rings. The molecule has 0 spiro atoms. The number of aliphatic imine (C=N–C) groups is 1. The van der Waals surface area contributed by atoms with E-state index in [4.69, 9.17) is 14.4 Å². The number of hydrogen-bond acceptors (Lipinski definition) is 5. The van der Waals surface area contributed by atoms with Crippen molar-refractivity contribution >= 4 is 27.7 Å². The van der Waals surface area contributed by atoms with E-state index in [1.165, 1.54) is 11.1 Å². The number of rotatable bonds is 6. The minimum Gasteiger partial charge on any atom is -0.435 e. The fourth-order valence-corrected chi connectivity index (χ4v) is 6.65. The summed E-state index contributed by atoms with van der Waals surface area (Å²) in [6.45, 7) is 0. The maximum absolute atomic E-state index is 6.37. The Kier molecular flexibility index (Phi) is 7.30. The van der Waals surface area contributed by atoms with Gasteiger partial charge in [0.15, 0.2) is 5.58 Å². The Morgan fingerprint density at radius 3 is 1.90 bits per heavy atom. The second kappa shape index (κ2) is 12.4. The predicted octanol–water partition coefficient (Wildman–Crippen LogP) is 10.3. The van der Waals surface area contributed by atoms with Crippen molar-refractivity contribution < 1.29 is 4.42 Å². The Balaban J connectivity index is 1.09. The average molecular weight is 633 g/mol. The number of benzene rings is 7. The van der Waals surface area contributed by atoms with Crippen molar-refractivity contribution in [1.29, 1.82) is 0 Å². The van der Waals surface area contributed by atoms with Crippen LogP contribution in [0.3, 0.4) is 0 Å². The molecule has 49 heavy (non-hydrogen) atoms. The molecule has 5 nitrogen and oxygen atoms in total. The number of fused-ring (bicyclic) bond motifs is 3. The first-order valence-electron chi connectivity index (χ1n) is 16.6. The SMILES string of the molecule is c1ccc(-c2cccc(C3NC(c4cccc(-c5ccc6ccc7nc(-c8ccccc8)oc7c6c5)c4)=NC(c4ccccc4)N3)c2)cc1. The van der Waals surface area contributed by atoms with Crippen molar-refractivity contribution in [2.75, 3.05) is 0 Å². The molecule has 0 saturated carbocycles. The summed E-state index contributed by atoms with van der Waals surface area (Å²) in [4.78, 5) is 10.0. The summed E-state index contributed by atoms with van der Waals surface area (Å²) in [5.74, 6) is 1.47. The van der Waals surface area contributed by atoms with Crippen molar-refractivity contribution in [3.05, 3.63) is 187 Å². The Morgan fingerprint density at radius 2 is 1.10 bits per heavy atom. The van der Waals surface area contributed by atoms with Gasteiger partial charge in [-0.2, -0.15) is 0 Å². The van der Waals surface area contributed by atoms with Crippen molar-refractivity contribution in [3.8, 4) is 33.7 Å². The molecule has 5 heteroatoms. The highest BCUT2D eigenvalue weighted by molar-refractivity contribution is 6.05. The van der Waals surface area contributed by atoms with Crippen LogP contribution in [-0.4, -0.2) is 10.8 Å². The molecule has 2 atom stereocenters. The second-order valence-corrected chi connectivity index (χ2v) is 12.3. The lowest BCUT2D eigenvalue weighted by Gasteiger charge is -2.32. The van der Waals surface area contributed by atoms with Gasteiger partial charge in [-0.3, -0.25) is 5.32 Å². The van der Waals surface area contributed by atoms with E-state index in [1.807, 2.05) is 48.5 Å². The van der Waals surface area contributed by atoms with Crippen LogP contribution in [0, 0.1) is 0 Å². The molecule has 0 radical (unpaired) electrons. The van der Waals surface area contributed by atoms with Gasteiger partial charge in [-0.15, -0.1) is 0 Å². The topological polar surface area (TPSA) is 62.5 Å². The van der Waals surface area contributed by atoms with Crippen LogP contribution in [0.1, 0.15) is 29.0 Å². The third-order valence-corrected chi connectivity index (χ3v) is 9.17. The van der Waals surface area contributed by atoms with Gasteiger partial charge in [-0.1, -0.05) is 133 Å². The highest BCUT2D eigenvalue weighted by atomic mass is 16.3. The van der Waals surface area contributed by atoms with Gasteiger partial charge in [0.25, 0.3) is 0 Å². The van der Waals surface area contributed by atoms with Crippen LogP contribution >= 0.6 is 0 Å². The Labute approximate surface area is 284 Å². The lowest BCUT2D eigenvalue weighted by Crippen LogP contribution is -2.45. The van der Waals surface area contributed by atoms with Crippen LogP contribution in [0.25, 0.3) is 55.6 Å². The van der Waals surface area contributed by atoms with E-state index in [0.29, 0.717) is 5.89 Å². The van der Waals surface area contributed by atoms with Crippen LogP contribution in [-0.2, 0) is 0 Å². The zero-order chi connectivity index (χ0) is 32.6. The van der Waals surface area contributed by atoms with E-state index < -0.39 is 0 Å². The van der Waals surface area contributed by atoms with E-state index in [0.717, 1.165) is 61.1 Å². The molecule has 0 fully saturated rings. The maximum Gasteiger partial charge on any atom is 0.227 e. The maximum atomic E-state index is 6.37. The second-order valence-electron chi connectivity index (χ2n) is 12.3. The van der Waals surface area contributed by atoms with Crippen LogP contribution in [0.15, 0.2) is 179 Å². The van der Waals surface area contributed by atoms with Gasteiger partial charge in [0.2, 0.25) is 5.89 Å². The molecule has 2 N–H and O–H groups in total. The highest BCUT2D eigenvalue weighted by Gasteiger charge is 2.26. The molecule has 0 amide bonds. The minimum atomic E-state index is -0.217. The van der Waals surface area contributed by atoms with Crippen LogP contribution in [0.5, 0.6) is 0 Å². The number of nitrogens with one attached hydrogen (secondary N) is 2. The lowest BCUT2D eigenvalue weighted by atomic mass is 9.98. The largest absolute Gasteiger partial charge is 0.435 e. The molecule has 0 saturated heterocycles. The minimum absolute atomic E-state index is 0.149. The van der Waals surface area contributed by atoms with Crippen molar-refractivity contribution in [2.24, 2.45) is 4.99 Å². The van der Waals surface area contributed by atoms with Gasteiger partial charge in [-0.25, -0.2) is 9.98 Å². The molecular weight excluding hydrogens is 601 g/mol. The smallest absolute Gasteiger partial charge is 0.227 e. The lowest BCUT2D eigenvalue weighted by molar-refractivity contribution is 0.409. The van der Waals surface area contributed by atoms with E-state index in [1.54, 1.807) is 0 Å². The van der Waals surface area contributed by atoms with Gasteiger partial charge in [0.05, 0.1) is 0 Å². The van der Waals surface area contributed by atoms with Crippen LogP contribution < -0.4 is 10.6 Å². The number of aromatic nitrogens is 1. The first-order valence-corrected chi connectivity index (χ1v) is 16.6. The van der Waals surface area contributed by atoms with Gasteiger partial charge >= 0.3 is 0 Å². The van der Waals surface area contributed by atoms with Crippen LogP contribution in [0.2, 0.25) is 0 Å². The molecule has 0 aliphatic carbocycles. The van der Waals surface area contributed by atoms with Gasteiger partial charge in [-0.05, 0) is 75.2 Å². The Hall–Kier alpha value is -6.30. The molecule has 234 valence electrons. The zero-order valence-electron chi connectivity index (χ0n) is 26.6. The zero-order valence-corrected chi connectivity index (χ0v) is 26.6. The first kappa shape index (κ1) is 28.9. The van der Waals surface area contributed by atoms with Gasteiger partial charge in [0, 0.05) is 16.5 Å². The molecule has 7 aromatic carbocycles. The summed E-state index contributed by atoms with van der Waals surface area (Å²) in [6.07, 6.45) is -0.366. The average Bonchev–Trinajstić information content (AvgIpc) is 3.64. The third-order valence-electron chi connectivity index (χ3n) is 9.17. The summed E-state index contributed by atoms with van der Waals surface area (Å²) in [5.41, 5.74) is 10.5. The molecule has 1 aliphatic heterocycles. The number of nitrogens with zero attached hydrogens (tertiary/aromatic N) is 2. The highest BCUT2D eigenvalue weighted by Crippen LogP contribution is 2.34. The molecule has 0 bridgehead atoms. The standard InChI is InChI=1S/C44H32N4O/c1-4-12-29(13-5-1)33-18-10-20-36(26-33)42-46-41(31-14-6-2-7-15-31)47-43(48-42)37-21-11-19-34(27-37)35-23-22-30-24-25-39-40(38(30)28-35)49-44(45-39)32-16-8-3-9-17-32/h1-28,41-42,46H,(H,47,48). The fourth-order valence-electron chi connectivity index (χ4n) is 6.65. The summed E-state index contributed by atoms with van der Waals surface area (Å²) < 4.78 is 6.37. The summed E-state index contributed by atoms with van der Waals surface area (Å²) in [5, 5.41) is 9.62. The predicted molar refractivity (Wildman–Crippen MR) is 199 cm³/mol.